The van der Waals surface area contributed by atoms with E-state index in [1.807, 2.05) is 24.3 Å². The molecule has 0 aromatic heterocycles. The Bertz CT molecular complexity index is 818. The van der Waals surface area contributed by atoms with Crippen LogP contribution in [0.5, 0.6) is 0 Å². The van der Waals surface area contributed by atoms with Crippen LogP contribution in [0.1, 0.15) is 40.5 Å². The molecular formula is C20H23N3O2. The average molecular weight is 337 g/mol. The highest BCUT2D eigenvalue weighted by molar-refractivity contribution is 6.26. The van der Waals surface area contributed by atoms with Crippen molar-refractivity contribution in [3.8, 4) is 0 Å². The molecular weight excluding hydrogens is 314 g/mol. The molecule has 0 saturated carbocycles. The van der Waals surface area contributed by atoms with Crippen molar-refractivity contribution in [3.63, 3.8) is 0 Å². The van der Waals surface area contributed by atoms with Gasteiger partial charge in [0.1, 0.15) is 0 Å². The summed E-state index contributed by atoms with van der Waals surface area (Å²) in [5, 5.41) is 4.22. The summed E-state index contributed by atoms with van der Waals surface area (Å²) >= 11 is 0. The molecule has 0 radical (unpaired) electrons. The lowest BCUT2D eigenvalue weighted by molar-refractivity contribution is 0.0845. The van der Waals surface area contributed by atoms with Gasteiger partial charge in [-0.15, -0.1) is 0 Å². The van der Waals surface area contributed by atoms with E-state index in [1.54, 1.807) is 6.07 Å². The minimum Gasteiger partial charge on any atom is -0.368 e. The number of nitrogens with one attached hydrogen (secondary N) is 1. The third kappa shape index (κ3) is 2.78. The maximum absolute atomic E-state index is 12.2. The number of unbranched alkanes of at least 4 members (excludes halogenated alkanes) is 1. The number of amides is 2. The fourth-order valence-corrected chi connectivity index (χ4v) is 3.88. The summed E-state index contributed by atoms with van der Waals surface area (Å²) < 4.78 is 0. The number of anilines is 1. The number of rotatable bonds is 4. The Morgan fingerprint density at radius 1 is 0.960 bits per heavy atom. The van der Waals surface area contributed by atoms with Crippen LogP contribution in [0, 0.1) is 0 Å². The number of piperazine rings is 1. The van der Waals surface area contributed by atoms with Gasteiger partial charge < -0.3 is 4.90 Å². The van der Waals surface area contributed by atoms with Crippen LogP contribution in [-0.4, -0.2) is 49.4 Å². The Morgan fingerprint density at radius 3 is 2.40 bits per heavy atom. The molecule has 25 heavy (non-hydrogen) atoms. The first kappa shape index (κ1) is 16.1. The van der Waals surface area contributed by atoms with Crippen LogP contribution < -0.4 is 10.2 Å². The van der Waals surface area contributed by atoms with Crippen LogP contribution in [-0.2, 0) is 0 Å². The highest BCUT2D eigenvalue weighted by atomic mass is 16.2. The van der Waals surface area contributed by atoms with E-state index in [0.29, 0.717) is 11.1 Å². The van der Waals surface area contributed by atoms with E-state index >= 15 is 0 Å². The topological polar surface area (TPSA) is 52.6 Å². The molecule has 0 unspecified atom stereocenters. The lowest BCUT2D eigenvalue weighted by atomic mass is 9.93. The number of imide groups is 1. The smallest absolute Gasteiger partial charge is 0.258 e. The molecule has 2 amide bonds. The quantitative estimate of drug-likeness (QED) is 0.872. The molecule has 2 aliphatic rings. The minimum atomic E-state index is -0.301. The zero-order valence-electron chi connectivity index (χ0n) is 14.5. The Labute approximate surface area is 147 Å². The lowest BCUT2D eigenvalue weighted by Crippen LogP contribution is -2.46. The van der Waals surface area contributed by atoms with Crippen molar-refractivity contribution in [1.29, 1.82) is 0 Å². The molecule has 4 rings (SSSR count). The van der Waals surface area contributed by atoms with Crippen LogP contribution >= 0.6 is 0 Å². The summed E-state index contributed by atoms with van der Waals surface area (Å²) in [6, 6.07) is 9.59. The van der Waals surface area contributed by atoms with Gasteiger partial charge in [-0.05, 0) is 31.2 Å². The molecule has 130 valence electrons. The molecule has 5 heteroatoms. The second-order valence-electron chi connectivity index (χ2n) is 6.83. The van der Waals surface area contributed by atoms with Gasteiger partial charge >= 0.3 is 0 Å². The van der Waals surface area contributed by atoms with Crippen LogP contribution in [0.25, 0.3) is 10.8 Å². The molecule has 2 aromatic carbocycles. The summed E-state index contributed by atoms with van der Waals surface area (Å²) in [6.07, 6.45) is 2.48. The number of nitrogens with zero attached hydrogens (tertiary/aromatic N) is 2. The van der Waals surface area contributed by atoms with Gasteiger partial charge in [-0.2, -0.15) is 0 Å². The van der Waals surface area contributed by atoms with Crippen LogP contribution in [0.2, 0.25) is 0 Å². The first-order chi connectivity index (χ1) is 12.2. The van der Waals surface area contributed by atoms with Crippen LogP contribution in [0.3, 0.4) is 0 Å². The maximum Gasteiger partial charge on any atom is 0.258 e. The van der Waals surface area contributed by atoms with Crippen molar-refractivity contribution in [2.45, 2.75) is 19.8 Å². The van der Waals surface area contributed by atoms with Gasteiger partial charge in [0, 0.05) is 53.8 Å². The van der Waals surface area contributed by atoms with Gasteiger partial charge in [-0.1, -0.05) is 25.5 Å². The normalized spacial score (nSPS) is 17.9. The van der Waals surface area contributed by atoms with Crippen LogP contribution in [0.15, 0.2) is 30.3 Å². The minimum absolute atomic E-state index is 0.301. The Kier molecular flexibility index (Phi) is 4.17. The monoisotopic (exact) mass is 337 g/mol. The number of carbonyl (C=O) groups is 2. The first-order valence-electron chi connectivity index (χ1n) is 9.07. The second-order valence-corrected chi connectivity index (χ2v) is 6.83. The number of hydrogen-bond acceptors (Lipinski definition) is 4. The zero-order chi connectivity index (χ0) is 17.4. The van der Waals surface area contributed by atoms with E-state index in [-0.39, 0.29) is 11.8 Å². The first-order valence-corrected chi connectivity index (χ1v) is 9.07. The molecule has 0 atom stereocenters. The Hall–Kier alpha value is -2.40. The SMILES string of the molecule is CCCCN1CCN(c2ccc3c4c(cccc24)C(=O)NC3=O)CC1. The molecule has 2 heterocycles. The summed E-state index contributed by atoms with van der Waals surface area (Å²) in [6.45, 7) is 7.46. The summed E-state index contributed by atoms with van der Waals surface area (Å²) in [4.78, 5) is 29.2. The van der Waals surface area contributed by atoms with E-state index in [2.05, 4.69) is 22.0 Å². The Balaban J connectivity index is 1.68. The fourth-order valence-electron chi connectivity index (χ4n) is 3.88. The number of carbonyl (C=O) groups excluding carboxylic acids is 2. The molecule has 1 N–H and O–H groups in total. The van der Waals surface area contributed by atoms with Gasteiger partial charge in [0.25, 0.3) is 11.8 Å². The van der Waals surface area contributed by atoms with E-state index in [4.69, 9.17) is 0 Å². The van der Waals surface area contributed by atoms with Gasteiger partial charge in [-0.3, -0.25) is 19.8 Å². The molecule has 1 fully saturated rings. The van der Waals surface area contributed by atoms with Crippen LogP contribution in [0.4, 0.5) is 5.69 Å². The summed E-state index contributed by atoms with van der Waals surface area (Å²) in [5.41, 5.74) is 2.31. The fraction of sp³-hybridized carbons (Fsp3) is 0.400. The predicted octanol–water partition coefficient (Wildman–Crippen LogP) is 2.65. The largest absolute Gasteiger partial charge is 0.368 e. The average Bonchev–Trinajstić information content (AvgIpc) is 2.64. The zero-order valence-corrected chi connectivity index (χ0v) is 14.5. The number of benzene rings is 2. The van der Waals surface area contributed by atoms with Crippen molar-refractivity contribution in [2.24, 2.45) is 0 Å². The van der Waals surface area contributed by atoms with E-state index in [1.165, 1.54) is 19.4 Å². The lowest BCUT2D eigenvalue weighted by Gasteiger charge is -2.37. The molecule has 2 aliphatic heterocycles. The third-order valence-electron chi connectivity index (χ3n) is 5.27. The third-order valence-corrected chi connectivity index (χ3v) is 5.27. The van der Waals surface area contributed by atoms with E-state index in [0.717, 1.165) is 42.6 Å². The summed E-state index contributed by atoms with van der Waals surface area (Å²) in [7, 11) is 0. The van der Waals surface area contributed by atoms with Gasteiger partial charge in [-0.25, -0.2) is 0 Å². The van der Waals surface area contributed by atoms with Gasteiger partial charge in [0.15, 0.2) is 0 Å². The Morgan fingerprint density at radius 2 is 1.68 bits per heavy atom. The van der Waals surface area contributed by atoms with Crippen molar-refractivity contribution >= 4 is 28.3 Å². The standard InChI is InChI=1S/C20H23N3O2/c1-2-3-9-22-10-12-23(13-11-22)17-8-7-16-18-14(17)5-4-6-15(18)19(24)21-20(16)25/h4-8H,2-3,9-13H2,1H3,(H,21,24,25). The van der Waals surface area contributed by atoms with Crippen molar-refractivity contribution in [2.75, 3.05) is 37.6 Å². The molecule has 2 aromatic rings. The summed E-state index contributed by atoms with van der Waals surface area (Å²) in [5.74, 6) is -0.603. The van der Waals surface area contributed by atoms with Crippen molar-refractivity contribution in [3.05, 3.63) is 41.5 Å². The van der Waals surface area contributed by atoms with Gasteiger partial charge in [0.2, 0.25) is 0 Å². The molecule has 0 bridgehead atoms. The molecule has 0 aliphatic carbocycles. The van der Waals surface area contributed by atoms with Crippen molar-refractivity contribution in [1.82, 2.24) is 10.2 Å². The highest BCUT2D eigenvalue weighted by Crippen LogP contribution is 2.34. The van der Waals surface area contributed by atoms with E-state index in [9.17, 15) is 9.59 Å². The molecule has 1 saturated heterocycles. The molecule has 0 spiro atoms. The highest BCUT2D eigenvalue weighted by Gasteiger charge is 2.27. The molecule has 5 nitrogen and oxygen atoms in total. The van der Waals surface area contributed by atoms with Crippen molar-refractivity contribution < 1.29 is 9.59 Å². The second kappa shape index (κ2) is 6.48. The van der Waals surface area contributed by atoms with Gasteiger partial charge in [0.05, 0.1) is 0 Å². The van der Waals surface area contributed by atoms with E-state index < -0.39 is 0 Å². The maximum atomic E-state index is 12.2. The predicted molar refractivity (Wildman–Crippen MR) is 99.3 cm³/mol. The number of hydrogen-bond donors (Lipinski definition) is 1.